The van der Waals surface area contributed by atoms with E-state index in [1.165, 1.54) is 0 Å². The van der Waals surface area contributed by atoms with Gasteiger partial charge >= 0.3 is 0 Å². The molecule has 1 fully saturated rings. The molecule has 19 heavy (non-hydrogen) atoms. The molecular weight excluding hydrogens is 264 g/mol. The van der Waals surface area contributed by atoms with Crippen LogP contribution in [0.5, 0.6) is 5.75 Å². The van der Waals surface area contributed by atoms with Gasteiger partial charge in [0, 0.05) is 12.2 Å². The number of ether oxygens (including phenoxy) is 1. The third-order valence-electron chi connectivity index (χ3n) is 3.35. The first kappa shape index (κ1) is 14.2. The van der Waals surface area contributed by atoms with Gasteiger partial charge in [-0.25, -0.2) is 0 Å². The maximum absolute atomic E-state index is 12.1. The van der Waals surface area contributed by atoms with Crippen molar-refractivity contribution in [3.63, 3.8) is 0 Å². The van der Waals surface area contributed by atoms with E-state index in [1.54, 1.807) is 12.1 Å². The molecule has 0 radical (unpaired) electrons. The normalized spacial score (nSPS) is 22.3. The average molecular weight is 283 g/mol. The van der Waals surface area contributed by atoms with Crippen LogP contribution in [0.15, 0.2) is 18.2 Å². The van der Waals surface area contributed by atoms with Crippen molar-refractivity contribution in [3.8, 4) is 5.75 Å². The fraction of sp³-hybridized carbons (Fsp3) is 0.500. The molecule has 1 aromatic rings. The smallest absolute Gasteiger partial charge is 0.229 e. The first-order valence-electron chi connectivity index (χ1n) is 6.55. The molecule has 104 valence electrons. The number of nitrogens with one attached hydrogen (secondary N) is 2. The Balaban J connectivity index is 2.03. The fourth-order valence-corrected chi connectivity index (χ4v) is 2.48. The number of halogens is 1. The molecule has 4 nitrogen and oxygen atoms in total. The molecule has 0 aliphatic carbocycles. The summed E-state index contributed by atoms with van der Waals surface area (Å²) in [6.07, 6.45) is 0. The van der Waals surface area contributed by atoms with Crippen molar-refractivity contribution < 1.29 is 9.53 Å². The predicted octanol–water partition coefficient (Wildman–Crippen LogP) is 2.53. The third-order valence-corrected chi connectivity index (χ3v) is 3.65. The monoisotopic (exact) mass is 282 g/mol. The maximum Gasteiger partial charge on any atom is 0.229 e. The van der Waals surface area contributed by atoms with E-state index in [0.717, 1.165) is 13.1 Å². The van der Waals surface area contributed by atoms with Crippen LogP contribution in [-0.2, 0) is 4.79 Å². The number of carbonyl (C=O) groups excluding carboxylic acids is 1. The lowest BCUT2D eigenvalue weighted by Gasteiger charge is -2.15. The van der Waals surface area contributed by atoms with Gasteiger partial charge in [0.05, 0.1) is 17.5 Å². The quantitative estimate of drug-likeness (QED) is 0.892. The third kappa shape index (κ3) is 3.39. The number of hydrogen-bond acceptors (Lipinski definition) is 3. The van der Waals surface area contributed by atoms with Crippen LogP contribution in [0.25, 0.3) is 0 Å². The van der Waals surface area contributed by atoms with Gasteiger partial charge < -0.3 is 15.4 Å². The van der Waals surface area contributed by atoms with Gasteiger partial charge in [-0.05, 0) is 37.6 Å². The zero-order valence-electron chi connectivity index (χ0n) is 11.2. The number of amides is 1. The molecule has 1 aliphatic rings. The van der Waals surface area contributed by atoms with Crippen molar-refractivity contribution in [3.05, 3.63) is 23.2 Å². The maximum atomic E-state index is 12.1. The highest BCUT2D eigenvalue weighted by molar-refractivity contribution is 6.32. The van der Waals surface area contributed by atoms with Gasteiger partial charge in [0.1, 0.15) is 5.75 Å². The van der Waals surface area contributed by atoms with E-state index in [9.17, 15) is 4.79 Å². The lowest BCUT2D eigenvalue weighted by molar-refractivity contribution is -0.120. The Morgan fingerprint density at radius 2 is 2.32 bits per heavy atom. The second-order valence-electron chi connectivity index (χ2n) is 4.81. The highest BCUT2D eigenvalue weighted by Crippen LogP contribution is 2.28. The highest BCUT2D eigenvalue weighted by atomic mass is 35.5. The fourth-order valence-electron chi connectivity index (χ4n) is 2.25. The van der Waals surface area contributed by atoms with E-state index in [-0.39, 0.29) is 11.8 Å². The van der Waals surface area contributed by atoms with Gasteiger partial charge in [-0.3, -0.25) is 4.79 Å². The highest BCUT2D eigenvalue weighted by Gasteiger charge is 2.29. The Bertz CT molecular complexity index is 465. The van der Waals surface area contributed by atoms with Crippen LogP contribution in [-0.4, -0.2) is 25.6 Å². The van der Waals surface area contributed by atoms with Crippen LogP contribution >= 0.6 is 11.6 Å². The largest absolute Gasteiger partial charge is 0.492 e. The molecule has 0 bridgehead atoms. The summed E-state index contributed by atoms with van der Waals surface area (Å²) in [5.41, 5.74) is 0.706. The predicted molar refractivity (Wildman–Crippen MR) is 76.8 cm³/mol. The van der Waals surface area contributed by atoms with E-state index in [4.69, 9.17) is 16.3 Å². The van der Waals surface area contributed by atoms with E-state index in [0.29, 0.717) is 29.0 Å². The van der Waals surface area contributed by atoms with Crippen molar-refractivity contribution in [1.29, 1.82) is 0 Å². The molecule has 2 atom stereocenters. The van der Waals surface area contributed by atoms with Crippen LogP contribution in [0, 0.1) is 11.8 Å². The molecule has 1 saturated heterocycles. The standard InChI is InChI=1S/C14H19ClN2O2/c1-3-19-13-5-4-10(6-12(13)15)17-14(18)11-8-16-7-9(11)2/h4-6,9,11,16H,3,7-8H2,1-2H3,(H,17,18). The molecule has 1 aliphatic heterocycles. The lowest BCUT2D eigenvalue weighted by atomic mass is 9.97. The summed E-state index contributed by atoms with van der Waals surface area (Å²) >= 11 is 6.09. The summed E-state index contributed by atoms with van der Waals surface area (Å²) in [6, 6.07) is 5.30. The summed E-state index contributed by atoms with van der Waals surface area (Å²) in [6.45, 7) is 6.17. The second-order valence-corrected chi connectivity index (χ2v) is 5.22. The molecule has 2 N–H and O–H groups in total. The Morgan fingerprint density at radius 1 is 1.53 bits per heavy atom. The van der Waals surface area contributed by atoms with E-state index in [1.807, 2.05) is 13.0 Å². The van der Waals surface area contributed by atoms with Crippen LogP contribution in [0.1, 0.15) is 13.8 Å². The van der Waals surface area contributed by atoms with Gasteiger partial charge in [-0.15, -0.1) is 0 Å². The molecule has 0 aromatic heterocycles. The number of carbonyl (C=O) groups is 1. The summed E-state index contributed by atoms with van der Waals surface area (Å²) in [5, 5.41) is 6.64. The number of benzene rings is 1. The molecule has 0 saturated carbocycles. The van der Waals surface area contributed by atoms with Crippen LogP contribution in [0.2, 0.25) is 5.02 Å². The zero-order chi connectivity index (χ0) is 13.8. The molecule has 2 rings (SSSR count). The second kappa shape index (κ2) is 6.26. The SMILES string of the molecule is CCOc1ccc(NC(=O)C2CNCC2C)cc1Cl. The molecule has 1 amide bonds. The Labute approximate surface area is 118 Å². The summed E-state index contributed by atoms with van der Waals surface area (Å²) in [5.74, 6) is 1.05. The lowest BCUT2D eigenvalue weighted by Crippen LogP contribution is -2.27. The van der Waals surface area contributed by atoms with E-state index >= 15 is 0 Å². The molecule has 1 heterocycles. The topological polar surface area (TPSA) is 50.4 Å². The Morgan fingerprint density at radius 3 is 2.89 bits per heavy atom. The van der Waals surface area contributed by atoms with Gasteiger partial charge in [0.25, 0.3) is 0 Å². The van der Waals surface area contributed by atoms with Crippen molar-refractivity contribution in [2.45, 2.75) is 13.8 Å². The first-order chi connectivity index (χ1) is 9.11. The average Bonchev–Trinajstić information content (AvgIpc) is 2.79. The minimum Gasteiger partial charge on any atom is -0.492 e. The first-order valence-corrected chi connectivity index (χ1v) is 6.93. The van der Waals surface area contributed by atoms with Gasteiger partial charge in [-0.1, -0.05) is 18.5 Å². The van der Waals surface area contributed by atoms with Crippen LogP contribution < -0.4 is 15.4 Å². The van der Waals surface area contributed by atoms with E-state index < -0.39 is 0 Å². The molecule has 5 heteroatoms. The minimum absolute atomic E-state index is 0.0188. The Kier molecular flexibility index (Phi) is 4.66. The van der Waals surface area contributed by atoms with Crippen molar-refractivity contribution >= 4 is 23.2 Å². The molecule has 1 aromatic carbocycles. The Hall–Kier alpha value is -1.26. The molecular formula is C14H19ClN2O2. The summed E-state index contributed by atoms with van der Waals surface area (Å²) < 4.78 is 5.36. The minimum atomic E-state index is 0.0188. The van der Waals surface area contributed by atoms with Crippen molar-refractivity contribution in [2.24, 2.45) is 11.8 Å². The van der Waals surface area contributed by atoms with Crippen LogP contribution in [0.4, 0.5) is 5.69 Å². The number of anilines is 1. The van der Waals surface area contributed by atoms with Gasteiger partial charge in [0.15, 0.2) is 0 Å². The summed E-state index contributed by atoms with van der Waals surface area (Å²) in [7, 11) is 0. The van der Waals surface area contributed by atoms with Gasteiger partial charge in [0.2, 0.25) is 5.91 Å². The number of hydrogen-bond donors (Lipinski definition) is 2. The van der Waals surface area contributed by atoms with Crippen molar-refractivity contribution in [1.82, 2.24) is 5.32 Å². The van der Waals surface area contributed by atoms with Gasteiger partial charge in [-0.2, -0.15) is 0 Å². The number of rotatable bonds is 4. The van der Waals surface area contributed by atoms with Crippen molar-refractivity contribution in [2.75, 3.05) is 25.0 Å². The van der Waals surface area contributed by atoms with E-state index in [2.05, 4.69) is 17.6 Å². The molecule has 0 spiro atoms. The molecule has 2 unspecified atom stereocenters. The summed E-state index contributed by atoms with van der Waals surface area (Å²) in [4.78, 5) is 12.1. The zero-order valence-corrected chi connectivity index (χ0v) is 12.0. The van der Waals surface area contributed by atoms with Crippen LogP contribution in [0.3, 0.4) is 0 Å².